The number of nitrogens with zero attached hydrogens (tertiary/aromatic N) is 4. The molecule has 92 valence electrons. The van der Waals surface area contributed by atoms with Crippen LogP contribution in [0.15, 0.2) is 12.7 Å². The summed E-state index contributed by atoms with van der Waals surface area (Å²) in [5, 5.41) is 17.6. The van der Waals surface area contributed by atoms with Gasteiger partial charge in [-0.15, -0.1) is 0 Å². The third-order valence-electron chi connectivity index (χ3n) is 1.99. The summed E-state index contributed by atoms with van der Waals surface area (Å²) in [6.45, 7) is 3.34. The van der Waals surface area contributed by atoms with Crippen LogP contribution < -0.4 is 4.74 Å². The number of hydrogen-bond donors (Lipinski definition) is 0. The van der Waals surface area contributed by atoms with Crippen molar-refractivity contribution in [2.24, 2.45) is 7.05 Å². The molecule has 0 fully saturated rings. The van der Waals surface area contributed by atoms with Gasteiger partial charge in [0.25, 0.3) is 6.01 Å². The van der Waals surface area contributed by atoms with Gasteiger partial charge in [0, 0.05) is 13.1 Å². The number of carbonyl (C=O) groups is 1. The van der Waals surface area contributed by atoms with E-state index in [1.165, 1.54) is 4.57 Å². The summed E-state index contributed by atoms with van der Waals surface area (Å²) in [6, 6.07) is 3.77. The molecular weight excluding hydrogens is 236 g/mol. The molecule has 18 heavy (non-hydrogen) atoms. The normalized spacial score (nSPS) is 9.06. The first kappa shape index (κ1) is 13.3. The molecule has 0 spiro atoms. The van der Waals surface area contributed by atoms with Crippen molar-refractivity contribution < 1.29 is 14.3 Å². The standard InChI is InChI=1S/C11H10N4O3/c1-3-10(16)17-4-5-18-11-14-8(6-12)9(7-13)15(11)2/h3H,1,4-5H2,2H3. The molecule has 0 saturated carbocycles. The number of rotatable bonds is 5. The summed E-state index contributed by atoms with van der Waals surface area (Å²) in [5.41, 5.74) is 0.119. The zero-order valence-electron chi connectivity index (χ0n) is 9.71. The first-order valence-electron chi connectivity index (χ1n) is 4.93. The van der Waals surface area contributed by atoms with E-state index in [9.17, 15) is 4.79 Å². The largest absolute Gasteiger partial charge is 0.461 e. The van der Waals surface area contributed by atoms with E-state index >= 15 is 0 Å². The Morgan fingerprint density at radius 2 is 2.22 bits per heavy atom. The van der Waals surface area contributed by atoms with Crippen LogP contribution in [-0.4, -0.2) is 28.7 Å². The Kier molecular flexibility index (Phi) is 4.47. The van der Waals surface area contributed by atoms with Gasteiger partial charge in [0.15, 0.2) is 11.4 Å². The molecule has 1 rings (SSSR count). The molecule has 0 bridgehead atoms. The summed E-state index contributed by atoms with van der Waals surface area (Å²) >= 11 is 0. The zero-order valence-corrected chi connectivity index (χ0v) is 9.71. The van der Waals surface area contributed by atoms with Crippen molar-refractivity contribution in [3.8, 4) is 18.1 Å². The highest BCUT2D eigenvalue weighted by atomic mass is 16.6. The predicted molar refractivity (Wildman–Crippen MR) is 59.3 cm³/mol. The third kappa shape index (κ3) is 2.86. The van der Waals surface area contributed by atoms with Crippen molar-refractivity contribution in [2.75, 3.05) is 13.2 Å². The third-order valence-corrected chi connectivity index (χ3v) is 1.99. The lowest BCUT2D eigenvalue weighted by molar-refractivity contribution is -0.138. The van der Waals surface area contributed by atoms with E-state index in [0.29, 0.717) is 0 Å². The van der Waals surface area contributed by atoms with Gasteiger partial charge in [-0.2, -0.15) is 15.5 Å². The van der Waals surface area contributed by atoms with Crippen LogP contribution in [0, 0.1) is 22.7 Å². The average Bonchev–Trinajstić information content (AvgIpc) is 2.70. The lowest BCUT2D eigenvalue weighted by Gasteiger charge is -2.05. The molecule has 0 aliphatic rings. The first-order valence-corrected chi connectivity index (χ1v) is 4.93. The van der Waals surface area contributed by atoms with Crippen LogP contribution >= 0.6 is 0 Å². The fraction of sp³-hybridized carbons (Fsp3) is 0.273. The van der Waals surface area contributed by atoms with E-state index in [0.717, 1.165) is 6.08 Å². The molecule has 7 nitrogen and oxygen atoms in total. The molecule has 0 N–H and O–H groups in total. The Balaban J connectivity index is 2.62. The van der Waals surface area contributed by atoms with Gasteiger partial charge < -0.3 is 9.47 Å². The monoisotopic (exact) mass is 246 g/mol. The number of imidazole rings is 1. The summed E-state index contributed by atoms with van der Waals surface area (Å²) in [6.07, 6.45) is 1.04. The van der Waals surface area contributed by atoms with Crippen LogP contribution in [0.5, 0.6) is 6.01 Å². The number of carbonyl (C=O) groups excluding carboxylic acids is 1. The first-order chi connectivity index (χ1) is 8.63. The second-order valence-electron chi connectivity index (χ2n) is 3.09. The molecule has 0 aliphatic carbocycles. The smallest absolute Gasteiger partial charge is 0.330 e. The fourth-order valence-corrected chi connectivity index (χ4v) is 1.15. The van der Waals surface area contributed by atoms with Crippen molar-refractivity contribution in [3.63, 3.8) is 0 Å². The molecule has 0 radical (unpaired) electrons. The van der Waals surface area contributed by atoms with Gasteiger partial charge >= 0.3 is 5.97 Å². The Morgan fingerprint density at radius 1 is 1.50 bits per heavy atom. The number of hydrogen-bond acceptors (Lipinski definition) is 6. The van der Waals surface area contributed by atoms with Gasteiger partial charge in [-0.25, -0.2) is 4.79 Å². The molecule has 1 aromatic rings. The molecule has 0 amide bonds. The number of ether oxygens (including phenoxy) is 2. The average molecular weight is 246 g/mol. The Labute approximate surface area is 103 Å². The maximum atomic E-state index is 10.7. The van der Waals surface area contributed by atoms with Gasteiger partial charge in [0.2, 0.25) is 0 Å². The van der Waals surface area contributed by atoms with E-state index in [1.54, 1.807) is 13.1 Å². The summed E-state index contributed by atoms with van der Waals surface area (Å²) in [4.78, 5) is 14.6. The molecule has 7 heteroatoms. The second-order valence-corrected chi connectivity index (χ2v) is 3.09. The number of nitriles is 2. The van der Waals surface area contributed by atoms with Crippen molar-refractivity contribution in [3.05, 3.63) is 24.0 Å². The van der Waals surface area contributed by atoms with Gasteiger partial charge in [0.1, 0.15) is 25.4 Å². The van der Waals surface area contributed by atoms with Crippen LogP contribution in [0.3, 0.4) is 0 Å². The maximum absolute atomic E-state index is 10.7. The van der Waals surface area contributed by atoms with Gasteiger partial charge in [-0.05, 0) is 0 Å². The SMILES string of the molecule is C=CC(=O)OCCOc1nc(C#N)c(C#N)n1C. The Morgan fingerprint density at radius 3 is 2.72 bits per heavy atom. The highest BCUT2D eigenvalue weighted by Gasteiger charge is 2.14. The van der Waals surface area contributed by atoms with Crippen LogP contribution in [-0.2, 0) is 16.6 Å². The highest BCUT2D eigenvalue weighted by molar-refractivity contribution is 5.81. The molecule has 0 aliphatic heterocycles. The van der Waals surface area contributed by atoms with Gasteiger partial charge in [-0.3, -0.25) is 4.57 Å². The van der Waals surface area contributed by atoms with Crippen molar-refractivity contribution >= 4 is 5.97 Å². The van der Waals surface area contributed by atoms with Crippen molar-refractivity contribution in [2.45, 2.75) is 0 Å². The van der Waals surface area contributed by atoms with Crippen LogP contribution in [0.2, 0.25) is 0 Å². The zero-order chi connectivity index (χ0) is 13.5. The Bertz CT molecular complexity index is 548. The minimum atomic E-state index is -0.547. The second kappa shape index (κ2) is 6.06. The van der Waals surface area contributed by atoms with Gasteiger partial charge in [-0.1, -0.05) is 6.58 Å². The molecule has 0 aromatic carbocycles. The van der Waals surface area contributed by atoms with Crippen LogP contribution in [0.25, 0.3) is 0 Å². The molecule has 1 heterocycles. The quantitative estimate of drug-likeness (QED) is 0.420. The van der Waals surface area contributed by atoms with E-state index < -0.39 is 5.97 Å². The molecule has 0 unspecified atom stereocenters. The van der Waals surface area contributed by atoms with Crippen LogP contribution in [0.1, 0.15) is 11.4 Å². The minimum Gasteiger partial charge on any atom is -0.461 e. The molecular formula is C11H10N4O3. The summed E-state index contributed by atoms with van der Waals surface area (Å²) in [7, 11) is 1.55. The number of aromatic nitrogens is 2. The summed E-state index contributed by atoms with van der Waals surface area (Å²) in [5.74, 6) is -0.547. The lowest BCUT2D eigenvalue weighted by atomic mass is 10.4. The maximum Gasteiger partial charge on any atom is 0.330 e. The predicted octanol–water partition coefficient (Wildman–Crippen LogP) is 0.271. The van der Waals surface area contributed by atoms with E-state index in [-0.39, 0.29) is 30.6 Å². The fourth-order valence-electron chi connectivity index (χ4n) is 1.15. The van der Waals surface area contributed by atoms with Crippen molar-refractivity contribution in [1.29, 1.82) is 10.5 Å². The Hall–Kier alpha value is -2.80. The van der Waals surface area contributed by atoms with Crippen LogP contribution in [0.4, 0.5) is 0 Å². The van der Waals surface area contributed by atoms with E-state index in [2.05, 4.69) is 11.6 Å². The van der Waals surface area contributed by atoms with E-state index in [4.69, 9.17) is 20.0 Å². The topological polar surface area (TPSA) is 101 Å². The minimum absolute atomic E-state index is 0.00177. The molecule has 1 aromatic heterocycles. The molecule has 0 atom stereocenters. The number of esters is 1. The van der Waals surface area contributed by atoms with Gasteiger partial charge in [0.05, 0.1) is 0 Å². The van der Waals surface area contributed by atoms with Crippen molar-refractivity contribution in [1.82, 2.24) is 9.55 Å². The lowest BCUT2D eigenvalue weighted by Crippen LogP contribution is -2.12. The van der Waals surface area contributed by atoms with E-state index in [1.807, 2.05) is 6.07 Å². The highest BCUT2D eigenvalue weighted by Crippen LogP contribution is 2.14. The molecule has 0 saturated heterocycles. The summed E-state index contributed by atoms with van der Waals surface area (Å²) < 4.78 is 11.2.